The minimum atomic E-state index is -0.625. The third kappa shape index (κ3) is 3.47. The first kappa shape index (κ1) is 12.5. The van der Waals surface area contributed by atoms with Crippen molar-refractivity contribution in [3.05, 3.63) is 29.0 Å². The first-order valence-electron chi connectivity index (χ1n) is 5.42. The summed E-state index contributed by atoms with van der Waals surface area (Å²) in [5.41, 5.74) is 0.351. The van der Waals surface area contributed by atoms with E-state index in [-0.39, 0.29) is 0 Å². The van der Waals surface area contributed by atoms with Gasteiger partial charge < -0.3 is 5.11 Å². The van der Waals surface area contributed by atoms with Gasteiger partial charge >= 0.3 is 0 Å². The molecule has 0 fully saturated rings. The molecular formula is C12H18ClNO. The predicted molar refractivity (Wildman–Crippen MR) is 63.1 cm³/mol. The molecule has 1 atom stereocenters. The molecule has 84 valence electrons. The van der Waals surface area contributed by atoms with Gasteiger partial charge in [-0.1, -0.05) is 31.9 Å². The van der Waals surface area contributed by atoms with Crippen LogP contribution in [0.1, 0.15) is 38.7 Å². The Morgan fingerprint density at radius 1 is 1.47 bits per heavy atom. The number of hydrogen-bond donors (Lipinski definition) is 1. The molecule has 0 aliphatic heterocycles. The molecule has 15 heavy (non-hydrogen) atoms. The van der Waals surface area contributed by atoms with Gasteiger partial charge in [-0.3, -0.25) is 4.98 Å². The molecule has 0 bridgehead atoms. The summed E-state index contributed by atoms with van der Waals surface area (Å²) in [6, 6.07) is 1.87. The highest BCUT2D eigenvalue weighted by Crippen LogP contribution is 2.25. The van der Waals surface area contributed by atoms with E-state index in [1.54, 1.807) is 12.4 Å². The van der Waals surface area contributed by atoms with Crippen molar-refractivity contribution in [3.63, 3.8) is 0 Å². The summed E-state index contributed by atoms with van der Waals surface area (Å²) in [7, 11) is 0. The number of halogens is 1. The van der Waals surface area contributed by atoms with Crippen LogP contribution in [-0.4, -0.2) is 15.7 Å². The molecule has 0 saturated heterocycles. The first-order valence-corrected chi connectivity index (χ1v) is 5.80. The maximum atomic E-state index is 10.3. The Morgan fingerprint density at radius 2 is 2.20 bits per heavy atom. The van der Waals surface area contributed by atoms with Crippen LogP contribution in [0.4, 0.5) is 0 Å². The highest BCUT2D eigenvalue weighted by Gasteiger charge is 2.24. The molecule has 0 aliphatic carbocycles. The van der Waals surface area contributed by atoms with Crippen molar-refractivity contribution in [2.24, 2.45) is 0 Å². The zero-order valence-corrected chi connectivity index (χ0v) is 10.1. The van der Waals surface area contributed by atoms with E-state index in [0.29, 0.717) is 11.4 Å². The summed E-state index contributed by atoms with van der Waals surface area (Å²) >= 11 is 6.01. The van der Waals surface area contributed by atoms with Gasteiger partial charge in [-0.05, 0) is 24.5 Å². The van der Waals surface area contributed by atoms with Crippen molar-refractivity contribution >= 4 is 11.6 Å². The molecule has 1 aromatic heterocycles. The van der Waals surface area contributed by atoms with Crippen LogP contribution in [0.5, 0.6) is 0 Å². The monoisotopic (exact) mass is 227 g/mol. The minimum absolute atomic E-state index is 0.610. The fraction of sp³-hybridized carbons (Fsp3) is 0.583. The van der Waals surface area contributed by atoms with E-state index in [1.807, 2.05) is 13.0 Å². The van der Waals surface area contributed by atoms with Crippen LogP contribution in [0.15, 0.2) is 18.5 Å². The van der Waals surface area contributed by atoms with Gasteiger partial charge in [0, 0.05) is 18.8 Å². The van der Waals surface area contributed by atoms with Crippen LogP contribution >= 0.6 is 11.6 Å². The molecule has 3 heteroatoms. The van der Waals surface area contributed by atoms with Crippen molar-refractivity contribution in [2.45, 2.75) is 45.1 Å². The van der Waals surface area contributed by atoms with Crippen LogP contribution in [0.2, 0.25) is 5.02 Å². The van der Waals surface area contributed by atoms with Gasteiger partial charge in [0.05, 0.1) is 10.6 Å². The van der Waals surface area contributed by atoms with E-state index >= 15 is 0 Å². The number of aliphatic hydroxyl groups is 1. The van der Waals surface area contributed by atoms with Crippen LogP contribution in [0.25, 0.3) is 0 Å². The topological polar surface area (TPSA) is 33.1 Å². The van der Waals surface area contributed by atoms with E-state index in [4.69, 9.17) is 11.6 Å². The van der Waals surface area contributed by atoms with Gasteiger partial charge in [-0.25, -0.2) is 0 Å². The summed E-state index contributed by atoms with van der Waals surface area (Å²) in [6.45, 7) is 4.08. The Balaban J connectivity index is 2.79. The lowest BCUT2D eigenvalue weighted by Gasteiger charge is -2.26. The average molecular weight is 228 g/mol. The fourth-order valence-corrected chi connectivity index (χ4v) is 1.94. The molecule has 1 N–H and O–H groups in total. The summed E-state index contributed by atoms with van der Waals surface area (Å²) in [5, 5.41) is 11.0. The van der Waals surface area contributed by atoms with Crippen molar-refractivity contribution < 1.29 is 5.11 Å². The number of aromatic nitrogens is 1. The third-order valence-electron chi connectivity index (χ3n) is 2.75. The quantitative estimate of drug-likeness (QED) is 0.838. The molecule has 1 unspecified atom stereocenters. The molecule has 0 aliphatic rings. The molecule has 0 spiro atoms. The molecule has 1 heterocycles. The van der Waals surface area contributed by atoms with Crippen LogP contribution in [0.3, 0.4) is 0 Å². The molecule has 0 amide bonds. The second-order valence-electron chi connectivity index (χ2n) is 3.97. The number of nitrogens with zero attached hydrogens (tertiary/aromatic N) is 1. The van der Waals surface area contributed by atoms with Crippen molar-refractivity contribution in [2.75, 3.05) is 0 Å². The molecule has 0 radical (unpaired) electrons. The maximum Gasteiger partial charge on any atom is 0.0685 e. The maximum absolute atomic E-state index is 10.3. The van der Waals surface area contributed by atoms with Crippen LogP contribution in [0, 0.1) is 0 Å². The second-order valence-corrected chi connectivity index (χ2v) is 4.38. The Bertz CT molecular complexity index is 316. The highest BCUT2D eigenvalue weighted by atomic mass is 35.5. The van der Waals surface area contributed by atoms with E-state index in [2.05, 4.69) is 11.9 Å². The fourth-order valence-electron chi connectivity index (χ4n) is 1.76. The number of hydrogen-bond acceptors (Lipinski definition) is 2. The summed E-state index contributed by atoms with van der Waals surface area (Å²) in [6.07, 6.45) is 6.48. The van der Waals surface area contributed by atoms with E-state index < -0.39 is 5.60 Å². The lowest BCUT2D eigenvalue weighted by atomic mass is 9.88. The molecule has 0 aromatic carbocycles. The van der Waals surface area contributed by atoms with Gasteiger partial charge in [0.15, 0.2) is 0 Å². The number of pyridine rings is 1. The standard InChI is InChI=1S/C12H18ClNO/c1-3-6-12(15,4-2)8-10-5-7-14-9-11(10)13/h5,7,9,15H,3-4,6,8H2,1-2H3. The smallest absolute Gasteiger partial charge is 0.0685 e. The zero-order valence-electron chi connectivity index (χ0n) is 9.33. The predicted octanol–water partition coefficient (Wildman–Crippen LogP) is 3.22. The summed E-state index contributed by atoms with van der Waals surface area (Å²) in [5.74, 6) is 0. The van der Waals surface area contributed by atoms with Gasteiger partial charge in [0.25, 0.3) is 0 Å². The van der Waals surface area contributed by atoms with Crippen LogP contribution in [-0.2, 0) is 6.42 Å². The lowest BCUT2D eigenvalue weighted by molar-refractivity contribution is 0.0271. The van der Waals surface area contributed by atoms with Crippen molar-refractivity contribution in [1.82, 2.24) is 4.98 Å². The van der Waals surface area contributed by atoms with Gasteiger partial charge in [-0.15, -0.1) is 0 Å². The Morgan fingerprint density at radius 3 is 2.73 bits per heavy atom. The minimum Gasteiger partial charge on any atom is -0.390 e. The molecule has 2 nitrogen and oxygen atoms in total. The molecular weight excluding hydrogens is 210 g/mol. The lowest BCUT2D eigenvalue weighted by Crippen LogP contribution is -2.30. The van der Waals surface area contributed by atoms with Crippen molar-refractivity contribution in [3.8, 4) is 0 Å². The Kier molecular flexibility index (Phi) is 4.55. The normalized spacial score (nSPS) is 14.9. The SMILES string of the molecule is CCCC(O)(CC)Cc1ccncc1Cl. The number of rotatable bonds is 5. The Hall–Kier alpha value is -0.600. The van der Waals surface area contributed by atoms with Crippen molar-refractivity contribution in [1.29, 1.82) is 0 Å². The third-order valence-corrected chi connectivity index (χ3v) is 3.09. The Labute approximate surface area is 96.3 Å². The summed E-state index contributed by atoms with van der Waals surface area (Å²) in [4.78, 5) is 3.93. The summed E-state index contributed by atoms with van der Waals surface area (Å²) < 4.78 is 0. The van der Waals surface area contributed by atoms with Gasteiger partial charge in [0.2, 0.25) is 0 Å². The zero-order chi connectivity index (χ0) is 11.3. The molecule has 1 rings (SSSR count). The highest BCUT2D eigenvalue weighted by molar-refractivity contribution is 6.31. The average Bonchev–Trinajstić information content (AvgIpc) is 2.22. The van der Waals surface area contributed by atoms with E-state index in [9.17, 15) is 5.11 Å². The van der Waals surface area contributed by atoms with E-state index in [1.165, 1.54) is 0 Å². The van der Waals surface area contributed by atoms with Gasteiger partial charge in [0.1, 0.15) is 0 Å². The van der Waals surface area contributed by atoms with E-state index in [0.717, 1.165) is 24.8 Å². The largest absolute Gasteiger partial charge is 0.390 e. The van der Waals surface area contributed by atoms with Crippen LogP contribution < -0.4 is 0 Å². The molecule has 1 aromatic rings. The second kappa shape index (κ2) is 5.47. The molecule has 0 saturated carbocycles. The first-order chi connectivity index (χ1) is 7.11. The van der Waals surface area contributed by atoms with Gasteiger partial charge in [-0.2, -0.15) is 0 Å².